The number of esters is 1. The zero-order valence-electron chi connectivity index (χ0n) is 32.5. The summed E-state index contributed by atoms with van der Waals surface area (Å²) in [6.45, 7) is 3.32. The first-order chi connectivity index (χ1) is 25.3. The van der Waals surface area contributed by atoms with Crippen LogP contribution in [0.4, 0.5) is 0 Å². The second kappa shape index (κ2) is 37.3. The van der Waals surface area contributed by atoms with Crippen molar-refractivity contribution in [2.45, 2.75) is 174 Å². The molecule has 0 heterocycles. The normalized spacial score (nSPS) is 13.1. The molecule has 2 atom stereocenters. The second-order valence-electron chi connectivity index (χ2n) is 13.3. The Morgan fingerprint density at radius 1 is 0.596 bits per heavy atom. The molecule has 0 rings (SSSR count). The van der Waals surface area contributed by atoms with Crippen LogP contribution in [0.15, 0.2) is 60.8 Å². The highest BCUT2D eigenvalue weighted by Crippen LogP contribution is 2.18. The zero-order chi connectivity index (χ0) is 38.3. The van der Waals surface area contributed by atoms with Gasteiger partial charge in [0, 0.05) is 12.8 Å². The van der Waals surface area contributed by atoms with Gasteiger partial charge in [0.05, 0.1) is 13.2 Å². The van der Waals surface area contributed by atoms with E-state index < -0.39 is 24.5 Å². The van der Waals surface area contributed by atoms with Gasteiger partial charge < -0.3 is 25.6 Å². The van der Waals surface area contributed by atoms with Crippen LogP contribution in [0.1, 0.15) is 162 Å². The van der Waals surface area contributed by atoms with Crippen LogP contribution in [0.3, 0.4) is 0 Å². The maximum atomic E-state index is 12.7. The Kier molecular flexibility index (Phi) is 34.8. The largest absolute Gasteiger partial charge is 0.480 e. The van der Waals surface area contributed by atoms with E-state index in [0.29, 0.717) is 12.8 Å². The molecule has 0 aliphatic heterocycles. The van der Waals surface area contributed by atoms with Crippen molar-refractivity contribution in [3.05, 3.63) is 60.8 Å². The van der Waals surface area contributed by atoms with Crippen molar-refractivity contribution in [2.75, 3.05) is 13.2 Å². The molecule has 9 nitrogen and oxygen atoms in total. The molecule has 0 aromatic rings. The molecule has 2 amide bonds. The number of rotatable bonds is 35. The standard InChI is InChI=1S/C43H72N2O7/c1-3-5-7-9-11-12-13-14-15-16-17-18-19-20-22-27-31-35-42(49)52-38(32-28-24-21-10-8-6-4-2)33-29-25-23-26-30-34-40(47)44-36-41(48)45-39(37-46)43(50)51/h5,7,11-12,14-15,17-18,20,22,38-39,46H,3-4,6,8-10,13,16,19,21,23-37H2,1-2H3,(H,44,47)(H,45,48)(H,50,51)/b7-5-,12-11-,15-14-,18-17-,22-20-. The smallest absolute Gasteiger partial charge is 0.328 e. The monoisotopic (exact) mass is 729 g/mol. The second-order valence-corrected chi connectivity index (χ2v) is 13.3. The maximum absolute atomic E-state index is 12.7. The van der Waals surface area contributed by atoms with Gasteiger partial charge in [-0.3, -0.25) is 14.4 Å². The highest BCUT2D eigenvalue weighted by atomic mass is 16.5. The molecule has 296 valence electrons. The van der Waals surface area contributed by atoms with E-state index in [1.165, 1.54) is 38.5 Å². The van der Waals surface area contributed by atoms with Crippen molar-refractivity contribution < 1.29 is 34.1 Å². The van der Waals surface area contributed by atoms with Crippen LogP contribution in [0.2, 0.25) is 0 Å². The molecule has 0 spiro atoms. The molecule has 0 bridgehead atoms. The van der Waals surface area contributed by atoms with E-state index >= 15 is 0 Å². The van der Waals surface area contributed by atoms with E-state index in [1.54, 1.807) is 0 Å². The van der Waals surface area contributed by atoms with Crippen molar-refractivity contribution in [3.63, 3.8) is 0 Å². The van der Waals surface area contributed by atoms with Gasteiger partial charge in [-0.05, 0) is 77.0 Å². The molecule has 2 unspecified atom stereocenters. The predicted octanol–water partition coefficient (Wildman–Crippen LogP) is 9.37. The summed E-state index contributed by atoms with van der Waals surface area (Å²) in [7, 11) is 0. The minimum atomic E-state index is -1.39. The van der Waals surface area contributed by atoms with Crippen LogP contribution in [-0.2, 0) is 23.9 Å². The van der Waals surface area contributed by atoms with Gasteiger partial charge in [-0.25, -0.2) is 4.79 Å². The van der Waals surface area contributed by atoms with Gasteiger partial charge in [-0.2, -0.15) is 0 Å². The van der Waals surface area contributed by atoms with Crippen LogP contribution >= 0.6 is 0 Å². The topological polar surface area (TPSA) is 142 Å². The molecule has 0 radical (unpaired) electrons. The number of carboxylic acid groups (broad SMARTS) is 1. The van der Waals surface area contributed by atoms with E-state index in [9.17, 15) is 19.2 Å². The lowest BCUT2D eigenvalue weighted by Gasteiger charge is -2.18. The average molecular weight is 729 g/mol. The third-order valence-corrected chi connectivity index (χ3v) is 8.53. The van der Waals surface area contributed by atoms with Crippen molar-refractivity contribution >= 4 is 23.8 Å². The molecule has 0 aliphatic rings. The van der Waals surface area contributed by atoms with Gasteiger partial charge in [0.25, 0.3) is 0 Å². The highest BCUT2D eigenvalue weighted by Gasteiger charge is 2.19. The molecule has 0 saturated heterocycles. The molecule has 0 aromatic carbocycles. The number of ether oxygens (including phenoxy) is 1. The van der Waals surface area contributed by atoms with Gasteiger partial charge in [0.15, 0.2) is 0 Å². The number of hydrogen-bond acceptors (Lipinski definition) is 6. The van der Waals surface area contributed by atoms with E-state index in [0.717, 1.165) is 89.9 Å². The fraction of sp³-hybridized carbons (Fsp3) is 0.674. The number of carbonyl (C=O) groups is 4. The zero-order valence-corrected chi connectivity index (χ0v) is 32.5. The number of aliphatic hydroxyl groups is 1. The van der Waals surface area contributed by atoms with Crippen molar-refractivity contribution in [2.24, 2.45) is 0 Å². The van der Waals surface area contributed by atoms with Gasteiger partial charge in [0.1, 0.15) is 12.1 Å². The number of unbranched alkanes of at least 4 members (excludes halogenated alkanes) is 11. The quantitative estimate of drug-likeness (QED) is 0.0289. The molecule has 9 heteroatoms. The Bertz CT molecular complexity index is 1060. The maximum Gasteiger partial charge on any atom is 0.328 e. The first-order valence-corrected chi connectivity index (χ1v) is 20.2. The van der Waals surface area contributed by atoms with Crippen molar-refractivity contribution in [1.29, 1.82) is 0 Å². The number of allylic oxidation sites excluding steroid dienone is 10. The summed E-state index contributed by atoms with van der Waals surface area (Å²) in [6.07, 6.45) is 44.0. The summed E-state index contributed by atoms with van der Waals surface area (Å²) < 4.78 is 5.95. The molecule has 0 aliphatic carbocycles. The molecule has 52 heavy (non-hydrogen) atoms. The third-order valence-electron chi connectivity index (χ3n) is 8.53. The molecular formula is C43H72N2O7. The van der Waals surface area contributed by atoms with Gasteiger partial charge >= 0.3 is 11.9 Å². The lowest BCUT2D eigenvalue weighted by molar-refractivity contribution is -0.150. The fourth-order valence-corrected chi connectivity index (χ4v) is 5.45. The number of nitrogens with one attached hydrogen (secondary N) is 2. The SMILES string of the molecule is CC/C=C\C/C=C\C/C=C\C/C=C\C/C=C\CCCC(=O)OC(CCCCCCCCC)CCCCCCCC(=O)NCC(=O)NC(CO)C(=O)O. The number of carbonyl (C=O) groups excluding carboxylic acids is 3. The minimum Gasteiger partial charge on any atom is -0.480 e. The third kappa shape index (κ3) is 33.7. The van der Waals surface area contributed by atoms with Crippen molar-refractivity contribution in [3.8, 4) is 0 Å². The predicted molar refractivity (Wildman–Crippen MR) is 213 cm³/mol. The Morgan fingerprint density at radius 3 is 1.62 bits per heavy atom. The first-order valence-electron chi connectivity index (χ1n) is 20.2. The Balaban J connectivity index is 4.29. The Morgan fingerprint density at radius 2 is 1.10 bits per heavy atom. The molecule has 0 aromatic heterocycles. The number of hydrogen-bond donors (Lipinski definition) is 4. The summed E-state index contributed by atoms with van der Waals surface area (Å²) in [5.74, 6) is -2.37. The van der Waals surface area contributed by atoms with Crippen LogP contribution in [0.5, 0.6) is 0 Å². The summed E-state index contributed by atoms with van der Waals surface area (Å²) in [4.78, 5) is 47.4. The van der Waals surface area contributed by atoms with Crippen LogP contribution in [-0.4, -0.2) is 59.3 Å². The lowest BCUT2D eigenvalue weighted by atomic mass is 10.0. The van der Waals surface area contributed by atoms with E-state index in [-0.39, 0.29) is 30.9 Å². The summed E-state index contributed by atoms with van der Waals surface area (Å²) in [6, 6.07) is -1.39. The Hall–Kier alpha value is -3.46. The number of amides is 2. The first kappa shape index (κ1) is 48.5. The van der Waals surface area contributed by atoms with Crippen LogP contribution < -0.4 is 10.6 Å². The summed E-state index contributed by atoms with van der Waals surface area (Å²) in [5, 5.41) is 22.5. The van der Waals surface area contributed by atoms with E-state index in [2.05, 4.69) is 85.2 Å². The van der Waals surface area contributed by atoms with Crippen LogP contribution in [0, 0.1) is 0 Å². The highest BCUT2D eigenvalue weighted by molar-refractivity contribution is 5.87. The van der Waals surface area contributed by atoms with E-state index in [1.807, 2.05) is 0 Å². The van der Waals surface area contributed by atoms with Gasteiger partial charge in [-0.15, -0.1) is 0 Å². The number of aliphatic carboxylic acids is 1. The summed E-state index contributed by atoms with van der Waals surface area (Å²) in [5.41, 5.74) is 0. The number of carboxylic acids is 1. The Labute approximate surface area is 315 Å². The minimum absolute atomic E-state index is 0.0414. The summed E-state index contributed by atoms with van der Waals surface area (Å²) >= 11 is 0. The van der Waals surface area contributed by atoms with Gasteiger partial charge in [0.2, 0.25) is 11.8 Å². The van der Waals surface area contributed by atoms with Crippen LogP contribution in [0.25, 0.3) is 0 Å². The van der Waals surface area contributed by atoms with E-state index in [4.69, 9.17) is 14.9 Å². The molecule has 0 saturated carbocycles. The molecular weight excluding hydrogens is 656 g/mol. The number of aliphatic hydroxyl groups excluding tert-OH is 1. The molecule has 4 N–H and O–H groups in total. The fourth-order valence-electron chi connectivity index (χ4n) is 5.45. The van der Waals surface area contributed by atoms with Crippen molar-refractivity contribution in [1.82, 2.24) is 10.6 Å². The molecule has 0 fully saturated rings. The van der Waals surface area contributed by atoms with Gasteiger partial charge in [-0.1, -0.05) is 132 Å². The lowest BCUT2D eigenvalue weighted by Crippen LogP contribution is -2.47. The average Bonchev–Trinajstić information content (AvgIpc) is 3.13.